The van der Waals surface area contributed by atoms with Crippen molar-refractivity contribution in [1.29, 1.82) is 0 Å². The van der Waals surface area contributed by atoms with Gasteiger partial charge >= 0.3 is 39.2 Å². The number of halogens is 4. The number of sulfonamides is 2. The first-order valence-corrected chi connectivity index (χ1v) is 13.8. The lowest BCUT2D eigenvalue weighted by atomic mass is 10.3. The van der Waals surface area contributed by atoms with Crippen LogP contribution in [0.15, 0.2) is 64.4 Å². The van der Waals surface area contributed by atoms with Gasteiger partial charge in [0.2, 0.25) is 0 Å². The molecule has 0 radical (unpaired) electrons. The van der Waals surface area contributed by atoms with Crippen LogP contribution in [0.5, 0.6) is 11.5 Å². The molecule has 3 rings (SSSR count). The molecule has 40 heavy (non-hydrogen) atoms. The summed E-state index contributed by atoms with van der Waals surface area (Å²) in [5, 5.41) is 2.38. The average molecular weight is 609 g/mol. The predicted molar refractivity (Wildman–Crippen MR) is 131 cm³/mol. The van der Waals surface area contributed by atoms with Crippen molar-refractivity contribution in [3.05, 3.63) is 66.0 Å². The predicted octanol–water partition coefficient (Wildman–Crippen LogP) is 3.01. The number of hydrogen-bond acceptors (Lipinski definition) is 9. The molecule has 0 bridgehead atoms. The molecule has 1 aromatic heterocycles. The van der Waals surface area contributed by atoms with E-state index in [2.05, 4.69) is 24.8 Å². The van der Waals surface area contributed by atoms with E-state index in [1.165, 1.54) is 24.3 Å². The van der Waals surface area contributed by atoms with Crippen LogP contribution >= 0.6 is 0 Å². The topological polar surface area (TPSA) is 149 Å². The maximum absolute atomic E-state index is 13.6. The zero-order valence-corrected chi connectivity index (χ0v) is 22.5. The third-order valence-corrected chi connectivity index (χ3v) is 7.75. The molecule has 0 saturated carbocycles. The Balaban J connectivity index is 2.25. The Morgan fingerprint density at radius 3 is 1.80 bits per heavy atom. The lowest BCUT2D eigenvalue weighted by molar-refractivity contribution is -0.667. The van der Waals surface area contributed by atoms with Gasteiger partial charge in [-0.3, -0.25) is 0 Å². The number of anilines is 1. The van der Waals surface area contributed by atoms with Gasteiger partial charge in [0, 0.05) is 15.5 Å². The first-order valence-electron chi connectivity index (χ1n) is 10.9. The zero-order chi connectivity index (χ0) is 29.7. The molecular weight excluding hydrogens is 586 g/mol. The number of aromatic nitrogens is 2. The summed E-state index contributed by atoms with van der Waals surface area (Å²) in [4.78, 5) is 11.5. The highest BCUT2D eigenvalue weighted by Crippen LogP contribution is 2.28. The van der Waals surface area contributed by atoms with Crippen molar-refractivity contribution in [2.45, 2.75) is 36.9 Å². The van der Waals surface area contributed by atoms with Gasteiger partial charge in [0.1, 0.15) is 28.4 Å². The van der Waals surface area contributed by atoms with Crippen molar-refractivity contribution >= 4 is 32.0 Å². The summed E-state index contributed by atoms with van der Waals surface area (Å²) in [5.74, 6) is -2.82. The molecule has 18 heteroatoms. The molecule has 2 N–H and O–H groups in total. The number of aryl methyl sites for hydroxylation is 2. The SMILES string of the molecule is CO[N+](=C(Nc1nc(C)cc(C)n1)NS(=O)(=O)c1ccccc1OC(F)F)S(=O)(=O)c1ccccc1OC(F)F. The van der Waals surface area contributed by atoms with Gasteiger partial charge in [-0.15, -0.1) is 0 Å². The molecule has 0 amide bonds. The van der Waals surface area contributed by atoms with Gasteiger partial charge in [-0.2, -0.15) is 39.1 Å². The van der Waals surface area contributed by atoms with Gasteiger partial charge < -0.3 is 14.3 Å². The van der Waals surface area contributed by atoms with E-state index in [0.717, 1.165) is 31.4 Å². The van der Waals surface area contributed by atoms with Crippen molar-refractivity contribution in [2.24, 2.45) is 0 Å². The number of benzene rings is 2. The van der Waals surface area contributed by atoms with Crippen molar-refractivity contribution < 1.29 is 52.9 Å². The van der Waals surface area contributed by atoms with Gasteiger partial charge in [0.25, 0.3) is 5.95 Å². The summed E-state index contributed by atoms with van der Waals surface area (Å²) < 4.78 is 116. The Labute approximate surface area is 226 Å². The molecule has 0 unspecified atom stereocenters. The highest BCUT2D eigenvalue weighted by atomic mass is 32.2. The van der Waals surface area contributed by atoms with E-state index in [1.807, 2.05) is 4.72 Å². The maximum Gasteiger partial charge on any atom is 0.421 e. The number of ether oxygens (including phenoxy) is 2. The standard InChI is InChI=1S/C22H21F4N5O7S2/c1-13-12-14(2)28-21(27-13)29-22(30-39(32,33)17-10-6-4-8-15(17)37-19(23)24)31(36-3)40(34,35)18-11-7-5-9-16(18)38-20(25)26/h4-12,19-20H,1-3H3,(H,27,28,29,30)/p+1. The van der Waals surface area contributed by atoms with E-state index in [1.54, 1.807) is 19.9 Å². The van der Waals surface area contributed by atoms with Crippen LogP contribution in [0.3, 0.4) is 0 Å². The van der Waals surface area contributed by atoms with Crippen LogP contribution in [-0.2, 0) is 24.9 Å². The van der Waals surface area contributed by atoms with Crippen molar-refractivity contribution in [2.75, 3.05) is 12.4 Å². The molecule has 216 valence electrons. The Morgan fingerprint density at radius 1 is 0.825 bits per heavy atom. The second-order valence-corrected chi connectivity index (χ2v) is 11.0. The number of nitrogens with zero attached hydrogens (tertiary/aromatic N) is 3. The molecule has 0 aliphatic heterocycles. The van der Waals surface area contributed by atoms with Gasteiger partial charge in [-0.1, -0.05) is 24.3 Å². The summed E-state index contributed by atoms with van der Waals surface area (Å²) in [6.07, 6.45) is 0. The first-order chi connectivity index (χ1) is 18.7. The van der Waals surface area contributed by atoms with E-state index in [0.29, 0.717) is 11.4 Å². The molecule has 0 atom stereocenters. The molecule has 0 aliphatic rings. The van der Waals surface area contributed by atoms with E-state index < -0.39 is 60.5 Å². The summed E-state index contributed by atoms with van der Waals surface area (Å²) >= 11 is 0. The van der Waals surface area contributed by atoms with Crippen LogP contribution in [0.4, 0.5) is 23.5 Å². The van der Waals surface area contributed by atoms with Gasteiger partial charge in [-0.05, 0) is 44.2 Å². The number of guanidine groups is 1. The molecule has 1 heterocycles. The number of hydrogen-bond donors (Lipinski definition) is 2. The third-order valence-electron chi connectivity index (χ3n) is 4.71. The monoisotopic (exact) mass is 608 g/mol. The zero-order valence-electron chi connectivity index (χ0n) is 20.9. The largest absolute Gasteiger partial charge is 0.433 e. The van der Waals surface area contributed by atoms with E-state index >= 15 is 0 Å². The number of rotatable bonds is 10. The van der Waals surface area contributed by atoms with E-state index in [-0.39, 0.29) is 10.1 Å². The van der Waals surface area contributed by atoms with Gasteiger partial charge in [0.15, 0.2) is 0 Å². The number of nitrogens with one attached hydrogen (secondary N) is 2. The lowest BCUT2D eigenvalue weighted by Gasteiger charge is -2.15. The molecular formula is C22H22F4N5O7S2+. The van der Waals surface area contributed by atoms with Gasteiger partial charge in [0.05, 0.1) is 0 Å². The molecule has 0 saturated heterocycles. The van der Waals surface area contributed by atoms with Crippen molar-refractivity contribution in [3.63, 3.8) is 0 Å². The lowest BCUT2D eigenvalue weighted by Crippen LogP contribution is -2.45. The highest BCUT2D eigenvalue weighted by molar-refractivity contribution is 7.90. The molecule has 0 spiro atoms. The smallest absolute Gasteiger partial charge is 0.421 e. The first kappa shape index (κ1) is 30.4. The quantitative estimate of drug-likeness (QED) is 0.116. The fourth-order valence-electron chi connectivity index (χ4n) is 3.30. The number of alkyl halides is 4. The molecule has 2 aromatic carbocycles. The minimum Gasteiger partial charge on any atom is -0.433 e. The maximum atomic E-state index is 13.6. The van der Waals surface area contributed by atoms with Crippen LogP contribution in [0.2, 0.25) is 0 Å². The summed E-state index contributed by atoms with van der Waals surface area (Å²) in [6.45, 7) is -3.64. The van der Waals surface area contributed by atoms with Crippen LogP contribution in [0, 0.1) is 13.8 Å². The number of para-hydroxylation sites is 2. The normalized spacial score (nSPS) is 12.6. The van der Waals surface area contributed by atoms with Crippen LogP contribution in [0.1, 0.15) is 11.4 Å². The summed E-state index contributed by atoms with van der Waals surface area (Å²) in [5.41, 5.74) is 0.797. The average Bonchev–Trinajstić information content (AvgIpc) is 2.83. The van der Waals surface area contributed by atoms with E-state index in [4.69, 9.17) is 4.84 Å². The minimum absolute atomic E-state index is 0.00974. The van der Waals surface area contributed by atoms with E-state index in [9.17, 15) is 34.4 Å². The third kappa shape index (κ3) is 7.26. The Morgan fingerprint density at radius 2 is 1.30 bits per heavy atom. The van der Waals surface area contributed by atoms with Crippen molar-refractivity contribution in [1.82, 2.24) is 14.7 Å². The molecule has 12 nitrogen and oxygen atoms in total. The fraction of sp³-hybridized carbons (Fsp3) is 0.227. The Bertz CT molecular complexity index is 1600. The Hall–Kier alpha value is -4.19. The minimum atomic E-state index is -5.03. The Kier molecular flexibility index (Phi) is 9.36. The van der Waals surface area contributed by atoms with Gasteiger partial charge in [-0.25, -0.2) is 15.3 Å². The summed E-state index contributed by atoms with van der Waals surface area (Å²) in [7, 11) is -9.10. The molecule has 0 fully saturated rings. The fourth-order valence-corrected chi connectivity index (χ4v) is 5.82. The van der Waals surface area contributed by atoms with Crippen LogP contribution < -0.4 is 19.5 Å². The highest BCUT2D eigenvalue weighted by Gasteiger charge is 2.37. The second kappa shape index (κ2) is 12.3. The molecule has 0 aliphatic carbocycles. The molecule has 3 aromatic rings. The van der Waals surface area contributed by atoms with Crippen LogP contribution in [-0.4, -0.2) is 57.2 Å². The van der Waals surface area contributed by atoms with Crippen molar-refractivity contribution in [3.8, 4) is 11.5 Å². The second-order valence-electron chi connectivity index (χ2n) is 7.62. The summed E-state index contributed by atoms with van der Waals surface area (Å²) in [6, 6.07) is 10.1. The van der Waals surface area contributed by atoms with Crippen LogP contribution in [0.25, 0.3) is 0 Å².